The Kier molecular flexibility index (Phi) is 4.86. The first-order valence-electron chi connectivity index (χ1n) is 8.12. The van der Waals surface area contributed by atoms with Gasteiger partial charge in [0.2, 0.25) is 11.8 Å². The zero-order chi connectivity index (χ0) is 18.2. The smallest absolute Gasteiger partial charge is 0.392 e. The third kappa shape index (κ3) is 3.86. The summed E-state index contributed by atoms with van der Waals surface area (Å²) in [5.41, 5.74) is 0.0611. The van der Waals surface area contributed by atoms with Crippen molar-refractivity contribution in [2.45, 2.75) is 43.9 Å². The minimum Gasteiger partial charge on any atom is -0.481 e. The van der Waals surface area contributed by atoms with E-state index in [1.54, 1.807) is 0 Å². The van der Waals surface area contributed by atoms with E-state index in [0.717, 1.165) is 25.5 Å². The Morgan fingerprint density at radius 1 is 1.48 bits per heavy atom. The number of methoxy groups -OCH3 is 1. The average Bonchev–Trinajstić information content (AvgIpc) is 3.18. The van der Waals surface area contributed by atoms with Crippen LogP contribution < -0.4 is 15.4 Å². The molecule has 9 heteroatoms. The van der Waals surface area contributed by atoms with Crippen molar-refractivity contribution >= 4 is 5.91 Å². The van der Waals surface area contributed by atoms with Crippen molar-refractivity contribution in [1.29, 1.82) is 0 Å². The SMILES string of the molecule is COc1nc(C2C[C@@H]2C(F)(F)F)c(F)cc1CNC(=O)C1CCCN1. The van der Waals surface area contributed by atoms with Crippen LogP contribution in [0.4, 0.5) is 17.6 Å². The maximum atomic E-state index is 14.2. The van der Waals surface area contributed by atoms with Crippen molar-refractivity contribution in [3.63, 3.8) is 0 Å². The monoisotopic (exact) mass is 361 g/mol. The summed E-state index contributed by atoms with van der Waals surface area (Å²) in [4.78, 5) is 15.9. The zero-order valence-electron chi connectivity index (χ0n) is 13.6. The molecule has 25 heavy (non-hydrogen) atoms. The fraction of sp³-hybridized carbons (Fsp3) is 0.625. The molecule has 138 valence electrons. The number of hydrogen-bond donors (Lipinski definition) is 2. The first-order chi connectivity index (χ1) is 11.8. The molecule has 1 amide bonds. The Hall–Kier alpha value is -1.90. The van der Waals surface area contributed by atoms with Crippen molar-refractivity contribution in [2.75, 3.05) is 13.7 Å². The predicted octanol–water partition coefficient (Wildman–Crippen LogP) is 2.26. The van der Waals surface area contributed by atoms with Gasteiger partial charge < -0.3 is 15.4 Å². The van der Waals surface area contributed by atoms with Gasteiger partial charge in [-0.25, -0.2) is 9.37 Å². The number of hydrogen-bond acceptors (Lipinski definition) is 4. The molecule has 3 atom stereocenters. The molecule has 1 aliphatic carbocycles. The summed E-state index contributed by atoms with van der Waals surface area (Å²) in [5, 5.41) is 5.72. The van der Waals surface area contributed by atoms with E-state index in [1.165, 1.54) is 7.11 Å². The second-order valence-electron chi connectivity index (χ2n) is 6.38. The maximum Gasteiger partial charge on any atom is 0.392 e. The standard InChI is InChI=1S/C16H19F4N3O2/c1-25-15-8(7-22-14(24)12-3-2-4-21-12)5-11(17)13(23-15)9-6-10(9)16(18,19)20/h5,9-10,12,21H,2-4,6-7H2,1H3,(H,22,24)/t9?,10-,12?/m0/s1. The number of alkyl halides is 3. The number of halogens is 4. The van der Waals surface area contributed by atoms with Crippen LogP contribution in [0.25, 0.3) is 0 Å². The van der Waals surface area contributed by atoms with Crippen molar-refractivity contribution in [3.8, 4) is 5.88 Å². The van der Waals surface area contributed by atoms with E-state index in [9.17, 15) is 22.4 Å². The van der Waals surface area contributed by atoms with Crippen LogP contribution in [-0.4, -0.2) is 36.8 Å². The molecule has 2 heterocycles. The molecule has 1 saturated carbocycles. The van der Waals surface area contributed by atoms with Crippen LogP contribution >= 0.6 is 0 Å². The lowest BCUT2D eigenvalue weighted by atomic mass is 10.1. The van der Waals surface area contributed by atoms with Crippen molar-refractivity contribution in [3.05, 3.63) is 23.1 Å². The van der Waals surface area contributed by atoms with E-state index in [2.05, 4.69) is 15.6 Å². The molecule has 2 unspecified atom stereocenters. The van der Waals surface area contributed by atoms with Gasteiger partial charge >= 0.3 is 6.18 Å². The van der Waals surface area contributed by atoms with Gasteiger partial charge in [0.1, 0.15) is 5.82 Å². The van der Waals surface area contributed by atoms with Gasteiger partial charge in [-0.3, -0.25) is 4.79 Å². The number of carbonyl (C=O) groups excluding carboxylic acids is 1. The first-order valence-corrected chi connectivity index (χ1v) is 8.12. The second kappa shape index (κ2) is 6.78. The van der Waals surface area contributed by atoms with Gasteiger partial charge in [0.05, 0.1) is 24.8 Å². The third-order valence-corrected chi connectivity index (χ3v) is 4.63. The fourth-order valence-electron chi connectivity index (χ4n) is 3.16. The van der Waals surface area contributed by atoms with Gasteiger partial charge in [-0.15, -0.1) is 0 Å². The van der Waals surface area contributed by atoms with Gasteiger partial charge in [-0.05, 0) is 31.9 Å². The highest BCUT2D eigenvalue weighted by molar-refractivity contribution is 5.82. The van der Waals surface area contributed by atoms with Gasteiger partial charge in [-0.2, -0.15) is 13.2 Å². The molecule has 0 radical (unpaired) electrons. The highest BCUT2D eigenvalue weighted by Gasteiger charge is 2.57. The number of rotatable bonds is 5. The zero-order valence-corrected chi connectivity index (χ0v) is 13.6. The Bertz CT molecular complexity index is 660. The summed E-state index contributed by atoms with van der Waals surface area (Å²) in [7, 11) is 1.31. The molecule has 2 fully saturated rings. The molecule has 2 N–H and O–H groups in total. The van der Waals surface area contributed by atoms with Crippen LogP contribution in [0.2, 0.25) is 0 Å². The summed E-state index contributed by atoms with van der Waals surface area (Å²) >= 11 is 0. The van der Waals surface area contributed by atoms with Crippen molar-refractivity contribution < 1.29 is 27.1 Å². The lowest BCUT2D eigenvalue weighted by Crippen LogP contribution is -2.40. The average molecular weight is 361 g/mol. The second-order valence-corrected chi connectivity index (χ2v) is 6.38. The minimum atomic E-state index is -4.35. The Balaban J connectivity index is 1.70. The highest BCUT2D eigenvalue weighted by atomic mass is 19.4. The summed E-state index contributed by atoms with van der Waals surface area (Å²) in [5.74, 6) is -3.51. The van der Waals surface area contributed by atoms with Crippen LogP contribution in [0, 0.1) is 11.7 Å². The normalized spacial score (nSPS) is 25.7. The summed E-state index contributed by atoms with van der Waals surface area (Å²) in [6, 6.07) is 0.817. The van der Waals surface area contributed by atoms with Crippen LogP contribution in [0.3, 0.4) is 0 Å². The molecule has 3 rings (SSSR count). The molecule has 0 bridgehead atoms. The number of ether oxygens (including phenoxy) is 1. The van der Waals surface area contributed by atoms with Crippen LogP contribution in [0.5, 0.6) is 5.88 Å². The van der Waals surface area contributed by atoms with E-state index in [0.29, 0.717) is 5.56 Å². The van der Waals surface area contributed by atoms with E-state index < -0.39 is 23.8 Å². The lowest BCUT2D eigenvalue weighted by Gasteiger charge is -2.14. The predicted molar refractivity (Wildman–Crippen MR) is 80.5 cm³/mol. The Morgan fingerprint density at radius 2 is 2.24 bits per heavy atom. The first kappa shape index (κ1) is 17.9. The molecule has 0 aromatic carbocycles. The molecule has 2 aliphatic rings. The topological polar surface area (TPSA) is 63.2 Å². The van der Waals surface area contributed by atoms with Gasteiger partial charge in [0.25, 0.3) is 0 Å². The largest absolute Gasteiger partial charge is 0.481 e. The number of carbonyl (C=O) groups is 1. The number of aromatic nitrogens is 1. The highest BCUT2D eigenvalue weighted by Crippen LogP contribution is 2.56. The van der Waals surface area contributed by atoms with E-state index in [-0.39, 0.29) is 36.5 Å². The number of pyridine rings is 1. The van der Waals surface area contributed by atoms with E-state index in [1.807, 2.05) is 0 Å². The number of nitrogens with zero attached hydrogens (tertiary/aromatic N) is 1. The van der Waals surface area contributed by atoms with Crippen molar-refractivity contribution in [1.82, 2.24) is 15.6 Å². The van der Waals surface area contributed by atoms with Gasteiger partial charge in [0.15, 0.2) is 0 Å². The molecule has 1 aliphatic heterocycles. The molecule has 5 nitrogen and oxygen atoms in total. The van der Waals surface area contributed by atoms with E-state index >= 15 is 0 Å². The summed E-state index contributed by atoms with van der Waals surface area (Å²) < 4.78 is 57.4. The summed E-state index contributed by atoms with van der Waals surface area (Å²) in [6.07, 6.45) is -2.88. The minimum absolute atomic E-state index is 0.00223. The lowest BCUT2D eigenvalue weighted by molar-refractivity contribution is -0.148. The maximum absolute atomic E-state index is 14.2. The number of nitrogens with one attached hydrogen (secondary N) is 2. The third-order valence-electron chi connectivity index (χ3n) is 4.63. The van der Waals surface area contributed by atoms with Crippen molar-refractivity contribution in [2.24, 2.45) is 5.92 Å². The quantitative estimate of drug-likeness (QED) is 0.790. The molecular weight excluding hydrogens is 342 g/mol. The van der Waals surface area contributed by atoms with Crippen LogP contribution in [0.15, 0.2) is 6.07 Å². The number of amides is 1. The molecule has 1 aromatic heterocycles. The summed E-state index contributed by atoms with van der Waals surface area (Å²) in [6.45, 7) is 0.770. The van der Waals surface area contributed by atoms with Gasteiger partial charge in [0, 0.05) is 18.0 Å². The molecule has 1 saturated heterocycles. The molecular formula is C16H19F4N3O2. The van der Waals surface area contributed by atoms with Gasteiger partial charge in [-0.1, -0.05) is 0 Å². The van der Waals surface area contributed by atoms with Crippen LogP contribution in [-0.2, 0) is 11.3 Å². The Morgan fingerprint density at radius 3 is 2.80 bits per heavy atom. The molecule has 1 aromatic rings. The van der Waals surface area contributed by atoms with Crippen LogP contribution in [0.1, 0.15) is 36.4 Å². The molecule has 0 spiro atoms. The van der Waals surface area contributed by atoms with E-state index in [4.69, 9.17) is 4.74 Å². The fourth-order valence-corrected chi connectivity index (χ4v) is 3.16. The Labute approximate surface area is 142 Å².